The van der Waals surface area contributed by atoms with Gasteiger partial charge in [0.1, 0.15) is 11.8 Å². The first kappa shape index (κ1) is 24.7. The lowest BCUT2D eigenvalue weighted by Gasteiger charge is -2.31. The van der Waals surface area contributed by atoms with Crippen LogP contribution < -0.4 is 10.1 Å². The van der Waals surface area contributed by atoms with Gasteiger partial charge in [-0.15, -0.1) is 0 Å². The highest BCUT2D eigenvalue weighted by atomic mass is 35.5. The number of amides is 2. The summed E-state index contributed by atoms with van der Waals surface area (Å²) in [5.41, 5.74) is 2.88. The van der Waals surface area contributed by atoms with E-state index in [0.29, 0.717) is 17.2 Å². The van der Waals surface area contributed by atoms with Crippen LogP contribution in [0, 0.1) is 13.8 Å². The van der Waals surface area contributed by atoms with Crippen molar-refractivity contribution in [3.63, 3.8) is 0 Å². The lowest BCUT2D eigenvalue weighted by Crippen LogP contribution is -2.51. The molecule has 0 saturated carbocycles. The molecule has 2 amide bonds. The molecule has 5 nitrogen and oxygen atoms in total. The fourth-order valence-electron chi connectivity index (χ4n) is 3.27. The number of halogens is 1. The first-order valence-corrected chi connectivity index (χ1v) is 11.2. The monoisotopic (exact) mass is 444 g/mol. The number of hydrogen-bond donors (Lipinski definition) is 1. The van der Waals surface area contributed by atoms with E-state index in [-0.39, 0.29) is 31.0 Å². The van der Waals surface area contributed by atoms with Crippen molar-refractivity contribution < 1.29 is 14.3 Å². The molecule has 2 rings (SSSR count). The fraction of sp³-hybridized carbons (Fsp3) is 0.440. The molecule has 0 fully saturated rings. The van der Waals surface area contributed by atoms with Crippen LogP contribution in [0.25, 0.3) is 0 Å². The molecule has 0 aromatic heterocycles. The maximum Gasteiger partial charge on any atom is 0.261 e. The highest BCUT2D eigenvalue weighted by Crippen LogP contribution is 2.22. The summed E-state index contributed by atoms with van der Waals surface area (Å²) in [6.07, 6.45) is 1.30. The van der Waals surface area contributed by atoms with Crippen molar-refractivity contribution in [3.8, 4) is 5.75 Å². The summed E-state index contributed by atoms with van der Waals surface area (Å²) in [5, 5.41) is 3.56. The van der Waals surface area contributed by atoms with Gasteiger partial charge in [0, 0.05) is 17.6 Å². The lowest BCUT2D eigenvalue weighted by atomic mass is 10.1. The summed E-state index contributed by atoms with van der Waals surface area (Å²) in [7, 11) is 0. The molecule has 0 unspecified atom stereocenters. The summed E-state index contributed by atoms with van der Waals surface area (Å²) >= 11 is 6.35. The van der Waals surface area contributed by atoms with Crippen LogP contribution in [0.5, 0.6) is 5.75 Å². The quantitative estimate of drug-likeness (QED) is 0.557. The largest absolute Gasteiger partial charge is 0.483 e. The number of nitrogens with one attached hydrogen (secondary N) is 1. The predicted octanol–water partition coefficient (Wildman–Crippen LogP) is 5.06. The number of carbonyl (C=O) groups is 2. The summed E-state index contributed by atoms with van der Waals surface area (Å²) in [6, 6.07) is 12.5. The smallest absolute Gasteiger partial charge is 0.261 e. The minimum absolute atomic E-state index is 0.0324. The van der Waals surface area contributed by atoms with Crippen molar-refractivity contribution in [2.24, 2.45) is 0 Å². The van der Waals surface area contributed by atoms with Crippen molar-refractivity contribution in [2.45, 2.75) is 66.1 Å². The molecule has 2 atom stereocenters. The topological polar surface area (TPSA) is 58.6 Å². The highest BCUT2D eigenvalue weighted by Gasteiger charge is 2.30. The molecule has 0 aliphatic carbocycles. The molecule has 0 bridgehead atoms. The predicted molar refractivity (Wildman–Crippen MR) is 125 cm³/mol. The molecular weight excluding hydrogens is 412 g/mol. The van der Waals surface area contributed by atoms with Crippen LogP contribution in [0.3, 0.4) is 0 Å². The average molecular weight is 445 g/mol. The molecule has 0 saturated heterocycles. The van der Waals surface area contributed by atoms with Crippen molar-refractivity contribution in [3.05, 3.63) is 64.2 Å². The van der Waals surface area contributed by atoms with Crippen LogP contribution in [0.4, 0.5) is 0 Å². The van der Waals surface area contributed by atoms with Gasteiger partial charge < -0.3 is 15.0 Å². The van der Waals surface area contributed by atoms with Gasteiger partial charge in [-0.3, -0.25) is 9.59 Å². The zero-order valence-corrected chi connectivity index (χ0v) is 19.8. The van der Waals surface area contributed by atoms with Gasteiger partial charge in [0.15, 0.2) is 6.61 Å². The van der Waals surface area contributed by atoms with Gasteiger partial charge in [0.25, 0.3) is 5.91 Å². The van der Waals surface area contributed by atoms with Crippen LogP contribution in [-0.2, 0) is 16.1 Å². The summed E-state index contributed by atoms with van der Waals surface area (Å²) in [4.78, 5) is 27.8. The first-order valence-electron chi connectivity index (χ1n) is 10.8. The number of carbonyl (C=O) groups excluding carboxylic acids is 2. The third kappa shape index (κ3) is 6.73. The Labute approximate surface area is 190 Å². The van der Waals surface area contributed by atoms with E-state index in [2.05, 4.69) is 5.32 Å². The number of nitrogens with zero attached hydrogens (tertiary/aromatic N) is 1. The summed E-state index contributed by atoms with van der Waals surface area (Å²) in [6.45, 7) is 9.92. The summed E-state index contributed by atoms with van der Waals surface area (Å²) in [5.74, 6) is 0.249. The van der Waals surface area contributed by atoms with E-state index in [9.17, 15) is 9.59 Å². The van der Waals surface area contributed by atoms with Gasteiger partial charge in [0.2, 0.25) is 5.91 Å². The molecule has 31 heavy (non-hydrogen) atoms. The van der Waals surface area contributed by atoms with Crippen LogP contribution in [0.1, 0.15) is 50.3 Å². The number of ether oxygens (including phenoxy) is 1. The van der Waals surface area contributed by atoms with E-state index >= 15 is 0 Å². The van der Waals surface area contributed by atoms with Gasteiger partial charge in [-0.2, -0.15) is 0 Å². The average Bonchev–Trinajstić information content (AvgIpc) is 2.75. The van der Waals surface area contributed by atoms with Gasteiger partial charge in [0.05, 0.1) is 0 Å². The van der Waals surface area contributed by atoms with Crippen LogP contribution in [-0.4, -0.2) is 35.4 Å². The SMILES string of the molecule is CC[C@@H](C)NC(=O)[C@H](CC)N(Cc1ccccc1Cl)C(=O)COc1cccc(C)c1C. The van der Waals surface area contributed by atoms with Crippen molar-refractivity contribution in [1.29, 1.82) is 0 Å². The Bertz CT molecular complexity index is 900. The molecule has 0 spiro atoms. The first-order chi connectivity index (χ1) is 14.8. The van der Waals surface area contributed by atoms with E-state index in [4.69, 9.17) is 16.3 Å². The number of hydrogen-bond acceptors (Lipinski definition) is 3. The lowest BCUT2D eigenvalue weighted by molar-refractivity contribution is -0.143. The molecule has 0 radical (unpaired) electrons. The second-order valence-electron chi connectivity index (χ2n) is 7.84. The molecule has 2 aromatic rings. The third-order valence-electron chi connectivity index (χ3n) is 5.59. The zero-order valence-electron chi connectivity index (χ0n) is 19.1. The minimum atomic E-state index is -0.611. The van der Waals surface area contributed by atoms with Crippen LogP contribution in [0.15, 0.2) is 42.5 Å². The summed E-state index contributed by atoms with van der Waals surface area (Å²) < 4.78 is 5.85. The Morgan fingerprint density at radius 1 is 1.06 bits per heavy atom. The molecule has 0 aliphatic rings. The number of benzene rings is 2. The Morgan fingerprint density at radius 3 is 2.42 bits per heavy atom. The fourth-order valence-corrected chi connectivity index (χ4v) is 3.47. The molecule has 168 valence electrons. The third-order valence-corrected chi connectivity index (χ3v) is 5.96. The van der Waals surface area contributed by atoms with Crippen molar-refractivity contribution in [2.75, 3.05) is 6.61 Å². The van der Waals surface area contributed by atoms with Gasteiger partial charge >= 0.3 is 0 Å². The van der Waals surface area contributed by atoms with Gasteiger partial charge in [-0.05, 0) is 62.4 Å². The Morgan fingerprint density at radius 2 is 1.77 bits per heavy atom. The molecule has 1 N–H and O–H groups in total. The Hall–Kier alpha value is -2.53. The minimum Gasteiger partial charge on any atom is -0.483 e. The van der Waals surface area contributed by atoms with Gasteiger partial charge in [-0.1, -0.05) is 55.8 Å². The highest BCUT2D eigenvalue weighted by molar-refractivity contribution is 6.31. The van der Waals surface area contributed by atoms with E-state index in [1.54, 1.807) is 11.0 Å². The molecule has 2 aromatic carbocycles. The molecule has 0 aliphatic heterocycles. The normalized spacial score (nSPS) is 12.7. The number of aryl methyl sites for hydroxylation is 1. The van der Waals surface area contributed by atoms with E-state index in [1.165, 1.54) is 0 Å². The maximum absolute atomic E-state index is 13.3. The van der Waals surface area contributed by atoms with Crippen LogP contribution >= 0.6 is 11.6 Å². The molecule has 6 heteroatoms. The molecular formula is C25H33ClN2O3. The van der Waals surface area contributed by atoms with Crippen molar-refractivity contribution >= 4 is 23.4 Å². The maximum atomic E-state index is 13.3. The van der Waals surface area contributed by atoms with E-state index in [0.717, 1.165) is 23.1 Å². The van der Waals surface area contributed by atoms with Crippen LogP contribution in [0.2, 0.25) is 5.02 Å². The standard InChI is InChI=1S/C25H33ClN2O3/c1-6-18(4)27-25(30)22(7-2)28(15-20-12-8-9-13-21(20)26)24(29)16-31-23-14-10-11-17(3)19(23)5/h8-14,18,22H,6-7,15-16H2,1-5H3,(H,27,30)/t18-,22+/m1/s1. The Kier molecular flexibility index (Phi) is 9.38. The number of rotatable bonds is 10. The van der Waals surface area contributed by atoms with E-state index < -0.39 is 6.04 Å². The second-order valence-corrected chi connectivity index (χ2v) is 8.25. The Balaban J connectivity index is 2.26. The van der Waals surface area contributed by atoms with Crippen molar-refractivity contribution in [1.82, 2.24) is 10.2 Å². The zero-order chi connectivity index (χ0) is 23.0. The second kappa shape index (κ2) is 11.8. The molecule has 0 heterocycles. The van der Waals surface area contributed by atoms with Gasteiger partial charge in [-0.25, -0.2) is 0 Å². The van der Waals surface area contributed by atoms with E-state index in [1.807, 2.05) is 71.0 Å².